The summed E-state index contributed by atoms with van der Waals surface area (Å²) in [6.45, 7) is 0. The lowest BCUT2D eigenvalue weighted by atomic mass is 10.1. The topological polar surface area (TPSA) is 105 Å². The van der Waals surface area contributed by atoms with Crippen LogP contribution in [0.3, 0.4) is 0 Å². The molecule has 4 aromatic carbocycles. The smallest absolute Gasteiger partial charge is 0.265 e. The van der Waals surface area contributed by atoms with E-state index in [9.17, 15) is 24.0 Å². The van der Waals surface area contributed by atoms with Crippen LogP contribution in [0.1, 0.15) is 21.0 Å². The maximum absolute atomic E-state index is 12.6. The standard InChI is InChI=1S/C23H19N3O2S2.C17H13NOS.C6H8N2O2S/c1-24-21(27)19(22(28)25(2)23(24)29)15-18-13-14-20(30-18)26(16-9-5-3-6-10-16)17-11-7-4-8-12-17;19-13-16-11-12-17(20-16)18(14-7-3-1-4-8-14)15-9-5-2-6-10-15;1-7-4(9)3-5(10)8(2)6(7)11/h3-15H,1-2H3;1-13H;3H2,1-2H3. The predicted octanol–water partition coefficient (Wildman–Crippen LogP) is 9.44. The lowest BCUT2D eigenvalue weighted by Gasteiger charge is -2.31. The third-order valence-corrected chi connectivity index (χ3v) is 12.5. The number of carbonyl (C=O) groups is 5. The minimum absolute atomic E-state index is 0.0763. The van der Waals surface area contributed by atoms with Gasteiger partial charge in [-0.25, -0.2) is 0 Å². The first-order valence-corrected chi connectivity index (χ1v) is 21.2. The largest absolute Gasteiger partial charge is 0.302 e. The van der Waals surface area contributed by atoms with Crippen molar-refractivity contribution in [3.63, 3.8) is 0 Å². The molecule has 0 spiro atoms. The van der Waals surface area contributed by atoms with Crippen molar-refractivity contribution in [1.29, 1.82) is 0 Å². The maximum atomic E-state index is 12.6. The fourth-order valence-electron chi connectivity index (χ4n) is 6.10. The normalized spacial score (nSPS) is 13.9. The summed E-state index contributed by atoms with van der Waals surface area (Å²) in [5, 5.41) is 2.48. The van der Waals surface area contributed by atoms with Crippen LogP contribution in [-0.2, 0) is 19.2 Å². The van der Waals surface area contributed by atoms with E-state index in [1.165, 1.54) is 42.3 Å². The van der Waals surface area contributed by atoms with Crippen LogP contribution in [-0.4, -0.2) is 87.9 Å². The molecule has 4 amide bonds. The van der Waals surface area contributed by atoms with Crippen molar-refractivity contribution in [2.75, 3.05) is 38.0 Å². The number of hydrogen-bond donors (Lipinski definition) is 0. The van der Waals surface area contributed by atoms with Gasteiger partial charge in [0.15, 0.2) is 16.5 Å². The number of anilines is 6. The van der Waals surface area contributed by atoms with Crippen LogP contribution in [0.25, 0.3) is 6.08 Å². The van der Waals surface area contributed by atoms with Crippen molar-refractivity contribution < 1.29 is 24.0 Å². The van der Waals surface area contributed by atoms with E-state index < -0.39 is 0 Å². The van der Waals surface area contributed by atoms with Crippen LogP contribution in [0.2, 0.25) is 0 Å². The SMILES string of the molecule is CN1C(=O)C(=Cc2ccc(N(c3ccccc3)c3ccccc3)s2)C(=O)N(C)C1=S.CN1C(=O)CC(=O)N(C)C1=S.O=Cc1ccc(N(c2ccccc2)c2ccccc2)s1. The van der Waals surface area contributed by atoms with E-state index in [-0.39, 0.29) is 45.8 Å². The van der Waals surface area contributed by atoms with Gasteiger partial charge in [-0.1, -0.05) is 72.8 Å². The molecule has 308 valence electrons. The molecule has 6 aromatic rings. The molecular formula is C46H40N6O5S4. The summed E-state index contributed by atoms with van der Waals surface area (Å²) in [5.74, 6) is -1.25. The Morgan fingerprint density at radius 2 is 0.803 bits per heavy atom. The summed E-state index contributed by atoms with van der Waals surface area (Å²) in [4.78, 5) is 69.1. The van der Waals surface area contributed by atoms with Crippen molar-refractivity contribution in [2.24, 2.45) is 0 Å². The van der Waals surface area contributed by atoms with Gasteiger partial charge in [0, 0.05) is 55.8 Å². The number of amides is 4. The Morgan fingerprint density at radius 1 is 0.475 bits per heavy atom. The summed E-state index contributed by atoms with van der Waals surface area (Å²) in [6.07, 6.45) is 2.46. The number of benzene rings is 4. The highest BCUT2D eigenvalue weighted by Gasteiger charge is 2.35. The van der Waals surface area contributed by atoms with E-state index >= 15 is 0 Å². The summed E-state index contributed by atoms with van der Waals surface area (Å²) >= 11 is 13.0. The Morgan fingerprint density at radius 3 is 1.15 bits per heavy atom. The third-order valence-electron chi connectivity index (χ3n) is 9.39. The number of para-hydroxylation sites is 4. The minimum Gasteiger partial charge on any atom is -0.302 e. The van der Waals surface area contributed by atoms with Crippen LogP contribution >= 0.6 is 47.1 Å². The number of thiocarbonyl (C=S) groups is 2. The van der Waals surface area contributed by atoms with Gasteiger partial charge in [-0.3, -0.25) is 43.6 Å². The summed E-state index contributed by atoms with van der Waals surface area (Å²) < 4.78 is 0. The Balaban J connectivity index is 0.000000172. The Kier molecular flexibility index (Phi) is 14.4. The lowest BCUT2D eigenvalue weighted by molar-refractivity contribution is -0.139. The van der Waals surface area contributed by atoms with Gasteiger partial charge >= 0.3 is 0 Å². The van der Waals surface area contributed by atoms with Crippen molar-refractivity contribution in [1.82, 2.24) is 19.6 Å². The molecule has 0 saturated carbocycles. The highest BCUT2D eigenvalue weighted by Crippen LogP contribution is 2.40. The molecule has 2 fully saturated rings. The summed E-state index contributed by atoms with van der Waals surface area (Å²) in [6, 6.07) is 48.2. The highest BCUT2D eigenvalue weighted by atomic mass is 32.1. The molecule has 0 aliphatic carbocycles. The van der Waals surface area contributed by atoms with Crippen molar-refractivity contribution in [2.45, 2.75) is 6.42 Å². The number of rotatable bonds is 8. The zero-order valence-corrected chi connectivity index (χ0v) is 36.8. The molecule has 4 heterocycles. The van der Waals surface area contributed by atoms with E-state index in [1.54, 1.807) is 34.3 Å². The number of aldehydes is 1. The summed E-state index contributed by atoms with van der Waals surface area (Å²) in [7, 11) is 6.28. The molecular weight excluding hydrogens is 845 g/mol. The van der Waals surface area contributed by atoms with Gasteiger partial charge < -0.3 is 9.80 Å². The molecule has 0 unspecified atom stereocenters. The second-order valence-electron chi connectivity index (χ2n) is 13.4. The van der Waals surface area contributed by atoms with E-state index in [1.807, 2.05) is 121 Å². The van der Waals surface area contributed by atoms with E-state index in [2.05, 4.69) is 34.1 Å². The van der Waals surface area contributed by atoms with E-state index in [4.69, 9.17) is 24.4 Å². The average molecular weight is 885 g/mol. The second kappa shape index (κ2) is 20.1. The van der Waals surface area contributed by atoms with Gasteiger partial charge in [-0.2, -0.15) is 0 Å². The molecule has 15 heteroatoms. The van der Waals surface area contributed by atoms with Gasteiger partial charge in [-0.05, 0) is 103 Å². The number of likely N-dealkylation sites (N-methyl/N-ethyl adjacent to an activating group) is 2. The highest BCUT2D eigenvalue weighted by molar-refractivity contribution is 7.80. The number of carbonyl (C=O) groups excluding carboxylic acids is 5. The van der Waals surface area contributed by atoms with Crippen molar-refractivity contribution in [3.05, 3.63) is 161 Å². The average Bonchev–Trinajstić information content (AvgIpc) is 3.97. The molecule has 0 N–H and O–H groups in total. The first kappa shape index (κ1) is 43.9. The van der Waals surface area contributed by atoms with E-state index in [0.29, 0.717) is 0 Å². The zero-order valence-electron chi connectivity index (χ0n) is 33.6. The third kappa shape index (κ3) is 10.2. The quantitative estimate of drug-likeness (QED) is 0.0486. The van der Waals surface area contributed by atoms with Crippen LogP contribution in [0.5, 0.6) is 0 Å². The molecule has 2 aliphatic heterocycles. The van der Waals surface area contributed by atoms with Crippen LogP contribution < -0.4 is 9.80 Å². The fourth-order valence-corrected chi connectivity index (χ4v) is 8.33. The molecule has 0 radical (unpaired) electrons. The van der Waals surface area contributed by atoms with Gasteiger partial charge in [-0.15, -0.1) is 22.7 Å². The molecule has 0 bridgehead atoms. The first-order chi connectivity index (χ1) is 29.4. The zero-order chi connectivity index (χ0) is 43.6. The molecule has 0 atom stereocenters. The molecule has 2 saturated heterocycles. The predicted molar refractivity (Wildman–Crippen MR) is 252 cm³/mol. The molecule has 2 aromatic heterocycles. The van der Waals surface area contributed by atoms with E-state index in [0.717, 1.165) is 48.8 Å². The Hall–Kier alpha value is -6.65. The lowest BCUT2D eigenvalue weighted by Crippen LogP contribution is -2.52. The van der Waals surface area contributed by atoms with Crippen molar-refractivity contribution >= 4 is 126 Å². The van der Waals surface area contributed by atoms with Gasteiger partial charge in [0.1, 0.15) is 22.0 Å². The maximum Gasteiger partial charge on any atom is 0.265 e. The van der Waals surface area contributed by atoms with Crippen LogP contribution in [0.4, 0.5) is 32.8 Å². The Bertz CT molecular complexity index is 2450. The van der Waals surface area contributed by atoms with Gasteiger partial charge in [0.2, 0.25) is 11.8 Å². The Labute approximate surface area is 373 Å². The number of thiophene rings is 2. The van der Waals surface area contributed by atoms with Crippen LogP contribution in [0, 0.1) is 0 Å². The first-order valence-electron chi connectivity index (χ1n) is 18.7. The number of nitrogens with zero attached hydrogens (tertiary/aromatic N) is 6. The van der Waals surface area contributed by atoms with Gasteiger partial charge in [0.25, 0.3) is 11.8 Å². The summed E-state index contributed by atoms with van der Waals surface area (Å²) in [5.41, 5.74) is 4.32. The molecule has 11 nitrogen and oxygen atoms in total. The monoisotopic (exact) mass is 884 g/mol. The van der Waals surface area contributed by atoms with Crippen molar-refractivity contribution in [3.8, 4) is 0 Å². The number of hydrogen-bond acceptors (Lipinski definition) is 11. The minimum atomic E-state index is -0.388. The second-order valence-corrected chi connectivity index (χ2v) is 16.3. The molecule has 2 aliphatic rings. The van der Waals surface area contributed by atoms with Gasteiger partial charge in [0.05, 0.1) is 4.88 Å². The molecule has 8 rings (SSSR count). The van der Waals surface area contributed by atoms with Crippen LogP contribution in [0.15, 0.2) is 151 Å². The fraction of sp³-hybridized carbons (Fsp3) is 0.109. The molecule has 61 heavy (non-hydrogen) atoms.